The largest absolute Gasteiger partial charge is 0.292 e. The molecule has 0 N–H and O–H groups in total. The molecule has 12 aromatic rings. The standard InChI is InChI=1S/C54H34N4/c1-3-15-35(16-4-1)53-55-46-23-9-11-25-50(46)57(53)48-27-13-21-42-44(48)34-45-43(52(42)40-30-29-39-31-37-19-7-8-20-38(37)32-41(39)33-40)22-14-28-49(45)58-51-26-12-10-24-47(51)56-54(58)36-17-5-2-6-18-36/h1-34H. The van der Waals surface area contributed by atoms with E-state index in [0.717, 1.165) is 67.0 Å². The number of imidazole rings is 2. The van der Waals surface area contributed by atoms with Gasteiger partial charge in [0.15, 0.2) is 0 Å². The molecule has 2 aromatic heterocycles. The lowest BCUT2D eigenvalue weighted by Crippen LogP contribution is -2.01. The van der Waals surface area contributed by atoms with Crippen molar-refractivity contribution in [3.05, 3.63) is 206 Å². The van der Waals surface area contributed by atoms with Crippen molar-refractivity contribution in [3.63, 3.8) is 0 Å². The number of rotatable bonds is 5. The molecule has 0 saturated heterocycles. The maximum Gasteiger partial charge on any atom is 0.145 e. The van der Waals surface area contributed by atoms with E-state index in [9.17, 15) is 0 Å². The Kier molecular flexibility index (Phi) is 7.20. The van der Waals surface area contributed by atoms with Crippen LogP contribution in [0.2, 0.25) is 0 Å². The van der Waals surface area contributed by atoms with Gasteiger partial charge in [0.2, 0.25) is 0 Å². The molecule has 0 bridgehead atoms. The molecule has 0 atom stereocenters. The maximum atomic E-state index is 5.26. The molecule has 0 aliphatic carbocycles. The number of hydrogen-bond acceptors (Lipinski definition) is 2. The summed E-state index contributed by atoms with van der Waals surface area (Å²) in [5.74, 6) is 1.82. The first-order valence-electron chi connectivity index (χ1n) is 19.7. The van der Waals surface area contributed by atoms with E-state index in [4.69, 9.17) is 9.97 Å². The quantitative estimate of drug-likeness (QED) is 0.165. The zero-order valence-corrected chi connectivity index (χ0v) is 31.4. The van der Waals surface area contributed by atoms with Gasteiger partial charge in [0.05, 0.1) is 33.4 Å². The summed E-state index contributed by atoms with van der Waals surface area (Å²) < 4.78 is 4.69. The van der Waals surface area contributed by atoms with Crippen LogP contribution in [-0.4, -0.2) is 19.1 Å². The Balaban J connectivity index is 1.23. The highest BCUT2D eigenvalue weighted by molar-refractivity contribution is 6.18. The Morgan fingerprint density at radius 3 is 1.31 bits per heavy atom. The summed E-state index contributed by atoms with van der Waals surface area (Å²) in [7, 11) is 0. The van der Waals surface area contributed by atoms with Gasteiger partial charge < -0.3 is 0 Å². The summed E-state index contributed by atoms with van der Waals surface area (Å²) in [5.41, 5.74) is 10.7. The molecule has 0 saturated carbocycles. The Morgan fingerprint density at radius 2 is 0.759 bits per heavy atom. The zero-order chi connectivity index (χ0) is 38.2. The minimum absolute atomic E-state index is 0.911. The SMILES string of the molecule is c1ccc(-c2nc3ccccc3n2-c2cccc3c(-c4ccc5cc6ccccc6cc5c4)c4cccc(-n5c(-c6ccccc6)nc6ccccc65)c4cc23)cc1. The highest BCUT2D eigenvalue weighted by Gasteiger charge is 2.22. The molecular formula is C54H34N4. The van der Waals surface area contributed by atoms with Gasteiger partial charge in [-0.25, -0.2) is 9.97 Å². The zero-order valence-electron chi connectivity index (χ0n) is 31.4. The molecule has 0 spiro atoms. The van der Waals surface area contributed by atoms with Crippen molar-refractivity contribution in [1.29, 1.82) is 0 Å². The van der Waals surface area contributed by atoms with E-state index in [-0.39, 0.29) is 0 Å². The van der Waals surface area contributed by atoms with Crippen LogP contribution in [0.1, 0.15) is 0 Å². The molecule has 2 heterocycles. The van der Waals surface area contributed by atoms with Crippen LogP contribution in [0.5, 0.6) is 0 Å². The van der Waals surface area contributed by atoms with Crippen molar-refractivity contribution in [2.75, 3.05) is 0 Å². The van der Waals surface area contributed by atoms with E-state index in [0.29, 0.717) is 0 Å². The number of para-hydroxylation sites is 4. The molecule has 0 aliphatic rings. The van der Waals surface area contributed by atoms with Crippen LogP contribution < -0.4 is 0 Å². The molecule has 10 aromatic carbocycles. The average Bonchev–Trinajstić information content (AvgIpc) is 3.87. The van der Waals surface area contributed by atoms with Crippen molar-refractivity contribution >= 4 is 65.2 Å². The van der Waals surface area contributed by atoms with Crippen LogP contribution in [0.4, 0.5) is 0 Å². The fraction of sp³-hybridized carbons (Fsp3) is 0. The third-order valence-electron chi connectivity index (χ3n) is 11.7. The van der Waals surface area contributed by atoms with Crippen LogP contribution in [0.15, 0.2) is 206 Å². The minimum Gasteiger partial charge on any atom is -0.292 e. The van der Waals surface area contributed by atoms with Crippen LogP contribution in [-0.2, 0) is 0 Å². The lowest BCUT2D eigenvalue weighted by Gasteiger charge is -2.20. The van der Waals surface area contributed by atoms with E-state index in [1.165, 1.54) is 43.4 Å². The van der Waals surface area contributed by atoms with Gasteiger partial charge in [-0.3, -0.25) is 9.13 Å². The Morgan fingerprint density at radius 1 is 0.293 bits per heavy atom. The summed E-state index contributed by atoms with van der Waals surface area (Å²) in [6.45, 7) is 0. The molecule has 12 rings (SSSR count). The van der Waals surface area contributed by atoms with Gasteiger partial charge in [-0.2, -0.15) is 0 Å². The van der Waals surface area contributed by atoms with E-state index in [1.54, 1.807) is 0 Å². The monoisotopic (exact) mass is 738 g/mol. The predicted octanol–water partition coefficient (Wildman–Crippen LogP) is 14.0. The van der Waals surface area contributed by atoms with Gasteiger partial charge >= 0.3 is 0 Å². The Labute approximate surface area is 334 Å². The Hall–Kier alpha value is -7.82. The third-order valence-corrected chi connectivity index (χ3v) is 11.7. The second-order valence-corrected chi connectivity index (χ2v) is 15.0. The van der Waals surface area contributed by atoms with Crippen LogP contribution in [0.25, 0.3) is 110 Å². The molecule has 0 aliphatic heterocycles. The molecule has 270 valence electrons. The Bertz CT molecular complexity index is 3380. The molecule has 0 fully saturated rings. The van der Waals surface area contributed by atoms with E-state index in [1.807, 2.05) is 0 Å². The van der Waals surface area contributed by atoms with Crippen molar-refractivity contribution < 1.29 is 0 Å². The van der Waals surface area contributed by atoms with E-state index < -0.39 is 0 Å². The maximum absolute atomic E-state index is 5.26. The van der Waals surface area contributed by atoms with Crippen LogP contribution in [0.3, 0.4) is 0 Å². The molecule has 58 heavy (non-hydrogen) atoms. The number of fused-ring (bicyclic) bond motifs is 6. The van der Waals surface area contributed by atoms with Crippen molar-refractivity contribution in [1.82, 2.24) is 19.1 Å². The first-order chi connectivity index (χ1) is 28.8. The van der Waals surface area contributed by atoms with Crippen molar-refractivity contribution in [2.24, 2.45) is 0 Å². The van der Waals surface area contributed by atoms with Gasteiger partial charge in [-0.05, 0) is 104 Å². The number of hydrogen-bond donors (Lipinski definition) is 0. The normalized spacial score (nSPS) is 11.8. The fourth-order valence-electron chi connectivity index (χ4n) is 9.03. The second kappa shape index (κ2) is 12.9. The van der Waals surface area contributed by atoms with Gasteiger partial charge in [0.1, 0.15) is 11.6 Å². The first kappa shape index (κ1) is 32.4. The topological polar surface area (TPSA) is 35.6 Å². The molecule has 0 radical (unpaired) electrons. The number of aromatic nitrogens is 4. The third kappa shape index (κ3) is 5.02. The van der Waals surface area contributed by atoms with Gasteiger partial charge in [-0.1, -0.05) is 146 Å². The lowest BCUT2D eigenvalue weighted by atomic mass is 9.89. The number of benzene rings is 10. The van der Waals surface area contributed by atoms with Crippen molar-refractivity contribution in [3.8, 4) is 45.3 Å². The second-order valence-electron chi connectivity index (χ2n) is 15.0. The average molecular weight is 739 g/mol. The van der Waals surface area contributed by atoms with Crippen molar-refractivity contribution in [2.45, 2.75) is 0 Å². The van der Waals surface area contributed by atoms with Gasteiger partial charge in [0, 0.05) is 21.9 Å². The summed E-state index contributed by atoms with van der Waals surface area (Å²) in [6.07, 6.45) is 0. The molecule has 0 amide bonds. The summed E-state index contributed by atoms with van der Waals surface area (Å²) in [4.78, 5) is 10.5. The molecule has 4 heteroatoms. The van der Waals surface area contributed by atoms with E-state index >= 15 is 0 Å². The highest BCUT2D eigenvalue weighted by Crippen LogP contribution is 2.44. The smallest absolute Gasteiger partial charge is 0.145 e. The van der Waals surface area contributed by atoms with E-state index in [2.05, 4.69) is 215 Å². The summed E-state index contributed by atoms with van der Waals surface area (Å²) in [6, 6.07) is 74.0. The molecule has 4 nitrogen and oxygen atoms in total. The van der Waals surface area contributed by atoms with Gasteiger partial charge in [0.25, 0.3) is 0 Å². The fourth-order valence-corrected chi connectivity index (χ4v) is 9.03. The molecular weight excluding hydrogens is 705 g/mol. The lowest BCUT2D eigenvalue weighted by molar-refractivity contribution is 1.11. The highest BCUT2D eigenvalue weighted by atomic mass is 15.1. The number of nitrogens with zero attached hydrogens (tertiary/aromatic N) is 4. The van der Waals surface area contributed by atoms with Gasteiger partial charge in [-0.15, -0.1) is 0 Å². The first-order valence-corrected chi connectivity index (χ1v) is 19.7. The minimum atomic E-state index is 0.911. The van der Waals surface area contributed by atoms with Crippen LogP contribution >= 0.6 is 0 Å². The van der Waals surface area contributed by atoms with Crippen LogP contribution in [0, 0.1) is 0 Å². The summed E-state index contributed by atoms with van der Waals surface area (Å²) in [5, 5.41) is 9.56. The predicted molar refractivity (Wildman–Crippen MR) is 242 cm³/mol. The summed E-state index contributed by atoms with van der Waals surface area (Å²) >= 11 is 0. The molecule has 0 unspecified atom stereocenters.